The summed E-state index contributed by atoms with van der Waals surface area (Å²) < 4.78 is 5.06. The van der Waals surface area contributed by atoms with Gasteiger partial charge in [0.25, 0.3) is 0 Å². The summed E-state index contributed by atoms with van der Waals surface area (Å²) in [6.07, 6.45) is 0. The molecule has 0 aliphatic carbocycles. The minimum Gasteiger partial charge on any atom is -0.497 e. The van der Waals surface area contributed by atoms with Crippen LogP contribution in [0.15, 0.2) is 18.2 Å². The molecular weight excluding hydrogens is 229 g/mol. The van der Waals surface area contributed by atoms with Gasteiger partial charge in [-0.2, -0.15) is 5.26 Å². The largest absolute Gasteiger partial charge is 0.497 e. The summed E-state index contributed by atoms with van der Waals surface area (Å²) in [5, 5.41) is 8.90. The zero-order valence-electron chi connectivity index (χ0n) is 10.1. The molecule has 0 aliphatic heterocycles. The molecule has 0 aliphatic rings. The van der Waals surface area contributed by atoms with Crippen molar-refractivity contribution in [1.29, 1.82) is 5.26 Å². The molecule has 1 aromatic carbocycles. The molecule has 1 atom stereocenters. The summed E-state index contributed by atoms with van der Waals surface area (Å²) >= 11 is 0. The summed E-state index contributed by atoms with van der Waals surface area (Å²) in [4.78, 5) is 11.2. The van der Waals surface area contributed by atoms with E-state index in [1.54, 1.807) is 19.2 Å². The van der Waals surface area contributed by atoms with Crippen molar-refractivity contribution in [2.24, 2.45) is 0 Å². The van der Waals surface area contributed by atoms with E-state index in [0.29, 0.717) is 0 Å². The molecular formula is C12H13KNO2. The number of nitriles is 1. The molecule has 0 saturated heterocycles. The number of hydrogen-bond donors (Lipinski definition) is 0. The number of carbonyl (C=O) groups is 1. The van der Waals surface area contributed by atoms with Gasteiger partial charge in [0.1, 0.15) is 11.7 Å². The van der Waals surface area contributed by atoms with Crippen LogP contribution in [0.4, 0.5) is 0 Å². The van der Waals surface area contributed by atoms with Gasteiger partial charge >= 0.3 is 0 Å². The minimum atomic E-state index is -0.670. The topological polar surface area (TPSA) is 50.1 Å². The molecule has 1 unspecified atom stereocenters. The van der Waals surface area contributed by atoms with Crippen LogP contribution in [0.3, 0.4) is 0 Å². The summed E-state index contributed by atoms with van der Waals surface area (Å²) in [7, 11) is 1.58. The van der Waals surface area contributed by atoms with Gasteiger partial charge in [-0.15, -0.1) is 0 Å². The molecule has 3 nitrogen and oxygen atoms in total. The SMILES string of the molecule is COc1ccc(C(C#N)C(C)=O)c(C)c1.[K]. The number of ketones is 1. The Morgan fingerprint density at radius 3 is 2.50 bits per heavy atom. The van der Waals surface area contributed by atoms with Crippen LogP contribution in [-0.4, -0.2) is 64.3 Å². The smallest absolute Gasteiger partial charge is 0.151 e. The average Bonchev–Trinajstić information content (AvgIpc) is 2.20. The molecule has 1 aromatic rings. The minimum absolute atomic E-state index is 0. The van der Waals surface area contributed by atoms with Crippen LogP contribution < -0.4 is 4.74 Å². The van der Waals surface area contributed by atoms with Crippen LogP contribution in [-0.2, 0) is 4.79 Å². The maximum atomic E-state index is 11.2. The Kier molecular flexibility index (Phi) is 7.12. The Bertz CT molecular complexity index is 424. The number of ether oxygens (including phenoxy) is 1. The summed E-state index contributed by atoms with van der Waals surface area (Å²) in [5.74, 6) is -0.0711. The van der Waals surface area contributed by atoms with E-state index in [1.807, 2.05) is 19.1 Å². The van der Waals surface area contributed by atoms with Crippen LogP contribution in [0, 0.1) is 18.3 Å². The number of rotatable bonds is 3. The van der Waals surface area contributed by atoms with E-state index in [1.165, 1.54) is 6.92 Å². The van der Waals surface area contributed by atoms with Crippen molar-refractivity contribution in [3.63, 3.8) is 0 Å². The van der Waals surface area contributed by atoms with E-state index in [2.05, 4.69) is 0 Å². The summed E-state index contributed by atoms with van der Waals surface area (Å²) in [6.45, 7) is 3.29. The number of carbonyl (C=O) groups excluding carboxylic acids is 1. The molecule has 4 heteroatoms. The summed E-state index contributed by atoms with van der Waals surface area (Å²) in [6, 6.07) is 7.35. The quantitative estimate of drug-likeness (QED) is 0.760. The second kappa shape index (κ2) is 7.20. The Balaban J connectivity index is 0.00000225. The second-order valence-corrected chi connectivity index (χ2v) is 3.40. The Labute approximate surface area is 138 Å². The number of Topliss-reactive ketones (excluding diaryl/α,β-unsaturated/α-hetero) is 1. The van der Waals surface area contributed by atoms with Gasteiger partial charge in [0.2, 0.25) is 0 Å². The molecule has 1 radical (unpaired) electrons. The van der Waals surface area contributed by atoms with Crippen molar-refractivity contribution in [1.82, 2.24) is 0 Å². The molecule has 0 N–H and O–H groups in total. The van der Waals surface area contributed by atoms with Crippen molar-refractivity contribution in [3.8, 4) is 11.8 Å². The van der Waals surface area contributed by atoms with Crippen LogP contribution in [0.2, 0.25) is 0 Å². The summed E-state index contributed by atoms with van der Waals surface area (Å²) in [5.41, 5.74) is 1.65. The van der Waals surface area contributed by atoms with Crippen LogP contribution in [0.1, 0.15) is 24.0 Å². The number of benzene rings is 1. The number of aryl methyl sites for hydroxylation is 1. The van der Waals surface area contributed by atoms with Crippen molar-refractivity contribution in [2.45, 2.75) is 19.8 Å². The standard InChI is InChI=1S/C12H13NO2.K/c1-8-6-10(15-3)4-5-11(8)12(7-13)9(2)14;/h4-6,12H,1-3H3;. The van der Waals surface area contributed by atoms with Crippen molar-refractivity contribution in [3.05, 3.63) is 29.3 Å². The van der Waals surface area contributed by atoms with E-state index in [-0.39, 0.29) is 57.2 Å². The molecule has 0 aromatic heterocycles. The first-order valence-electron chi connectivity index (χ1n) is 4.64. The van der Waals surface area contributed by atoms with Crippen LogP contribution in [0.5, 0.6) is 5.75 Å². The predicted molar refractivity (Wildman–Crippen MR) is 62.5 cm³/mol. The molecule has 16 heavy (non-hydrogen) atoms. The fraction of sp³-hybridized carbons (Fsp3) is 0.333. The first-order valence-corrected chi connectivity index (χ1v) is 4.64. The Hall–Kier alpha value is -0.184. The fourth-order valence-electron chi connectivity index (χ4n) is 1.48. The van der Waals surface area contributed by atoms with E-state index in [4.69, 9.17) is 10.00 Å². The monoisotopic (exact) mass is 242 g/mol. The maximum absolute atomic E-state index is 11.2. The zero-order chi connectivity index (χ0) is 11.4. The van der Waals surface area contributed by atoms with Gasteiger partial charge in [0, 0.05) is 51.4 Å². The van der Waals surface area contributed by atoms with Gasteiger partial charge in [-0.25, -0.2) is 0 Å². The number of nitrogens with zero attached hydrogens (tertiary/aromatic N) is 1. The molecule has 1 rings (SSSR count). The van der Waals surface area contributed by atoms with Crippen LogP contribution in [0.25, 0.3) is 0 Å². The normalized spacial score (nSPS) is 10.9. The molecule has 0 saturated carbocycles. The third-order valence-corrected chi connectivity index (χ3v) is 2.32. The Morgan fingerprint density at radius 1 is 1.50 bits per heavy atom. The van der Waals surface area contributed by atoms with Gasteiger partial charge in [-0.1, -0.05) is 6.07 Å². The third-order valence-electron chi connectivity index (χ3n) is 2.32. The maximum Gasteiger partial charge on any atom is 0.151 e. The molecule has 0 spiro atoms. The van der Waals surface area contributed by atoms with Gasteiger partial charge in [0.05, 0.1) is 13.2 Å². The van der Waals surface area contributed by atoms with Gasteiger partial charge in [-0.05, 0) is 37.1 Å². The molecule has 0 fully saturated rings. The van der Waals surface area contributed by atoms with Gasteiger partial charge in [0.15, 0.2) is 5.78 Å². The fourth-order valence-corrected chi connectivity index (χ4v) is 1.48. The van der Waals surface area contributed by atoms with E-state index in [9.17, 15) is 4.79 Å². The number of hydrogen-bond acceptors (Lipinski definition) is 3. The number of methoxy groups -OCH3 is 1. The van der Waals surface area contributed by atoms with Gasteiger partial charge in [-0.3, -0.25) is 4.79 Å². The van der Waals surface area contributed by atoms with E-state index >= 15 is 0 Å². The van der Waals surface area contributed by atoms with Crippen molar-refractivity contribution < 1.29 is 9.53 Å². The average molecular weight is 242 g/mol. The molecule has 0 amide bonds. The van der Waals surface area contributed by atoms with E-state index in [0.717, 1.165) is 16.9 Å². The van der Waals surface area contributed by atoms with E-state index < -0.39 is 5.92 Å². The van der Waals surface area contributed by atoms with Crippen molar-refractivity contribution >= 4 is 57.2 Å². The molecule has 0 bridgehead atoms. The predicted octanol–water partition coefficient (Wildman–Crippen LogP) is 1.82. The second-order valence-electron chi connectivity index (χ2n) is 3.40. The molecule has 79 valence electrons. The molecule has 0 heterocycles. The van der Waals surface area contributed by atoms with Crippen molar-refractivity contribution in [2.75, 3.05) is 7.11 Å². The van der Waals surface area contributed by atoms with Crippen LogP contribution >= 0.6 is 0 Å². The zero-order valence-corrected chi connectivity index (χ0v) is 13.2. The van der Waals surface area contributed by atoms with Gasteiger partial charge < -0.3 is 4.74 Å². The Morgan fingerprint density at radius 2 is 2.12 bits per heavy atom. The first kappa shape index (κ1) is 15.8. The third kappa shape index (κ3) is 3.69. The first-order chi connectivity index (χ1) is 7.10.